The molecule has 1 aromatic carbocycles. The molecule has 0 aromatic heterocycles. The lowest BCUT2D eigenvalue weighted by Crippen LogP contribution is -2.44. The van der Waals surface area contributed by atoms with Crippen LogP contribution in [0.25, 0.3) is 0 Å². The molecular weight excluding hydrogens is 266 g/mol. The van der Waals surface area contributed by atoms with Crippen molar-refractivity contribution in [3.8, 4) is 0 Å². The molecular formula is C17H21NO3. The number of fused-ring (bicyclic) bond motifs is 2. The number of nitrogens with zero attached hydrogens (tertiary/aromatic N) is 1. The van der Waals surface area contributed by atoms with Crippen LogP contribution in [-0.4, -0.2) is 30.2 Å². The van der Waals surface area contributed by atoms with Gasteiger partial charge in [0.1, 0.15) is 6.61 Å². The molecule has 2 saturated heterocycles. The molecule has 2 heterocycles. The van der Waals surface area contributed by atoms with Crippen molar-refractivity contribution < 1.29 is 14.3 Å². The Hall–Kier alpha value is -1.97. The van der Waals surface area contributed by atoms with E-state index in [2.05, 4.69) is 0 Å². The molecule has 0 saturated carbocycles. The standard InChI is InChI=1S/C17H21NO3/c1-20-11-14-9-15-7-8-16(10-14)18(15)17(19)21-12-13-5-3-2-4-6-13/h2-6,11,15-16H,7-10,12H2,1H3. The topological polar surface area (TPSA) is 38.8 Å². The van der Waals surface area contributed by atoms with Gasteiger partial charge in [-0.25, -0.2) is 4.79 Å². The van der Waals surface area contributed by atoms with Crippen molar-refractivity contribution in [2.24, 2.45) is 0 Å². The summed E-state index contributed by atoms with van der Waals surface area (Å²) in [5.41, 5.74) is 2.33. The fourth-order valence-electron chi connectivity index (χ4n) is 3.41. The van der Waals surface area contributed by atoms with Gasteiger partial charge in [-0.1, -0.05) is 30.3 Å². The van der Waals surface area contributed by atoms with Crippen LogP contribution < -0.4 is 0 Å². The number of rotatable bonds is 3. The molecule has 2 aliphatic heterocycles. The second-order valence-corrected chi connectivity index (χ2v) is 5.75. The fraction of sp³-hybridized carbons (Fsp3) is 0.471. The zero-order valence-electron chi connectivity index (χ0n) is 12.3. The Labute approximate surface area is 125 Å². The van der Waals surface area contributed by atoms with Crippen molar-refractivity contribution >= 4 is 6.09 Å². The first kappa shape index (κ1) is 14.0. The summed E-state index contributed by atoms with van der Waals surface area (Å²) in [4.78, 5) is 14.3. The Bertz CT molecular complexity index is 510. The Morgan fingerprint density at radius 2 is 1.90 bits per heavy atom. The van der Waals surface area contributed by atoms with Gasteiger partial charge in [0, 0.05) is 12.1 Å². The van der Waals surface area contributed by atoms with Crippen LogP contribution in [0.1, 0.15) is 31.2 Å². The molecule has 2 aliphatic rings. The number of ether oxygens (including phenoxy) is 2. The molecule has 0 spiro atoms. The summed E-state index contributed by atoms with van der Waals surface area (Å²) in [7, 11) is 1.68. The van der Waals surface area contributed by atoms with Gasteiger partial charge in [0.25, 0.3) is 0 Å². The van der Waals surface area contributed by atoms with Gasteiger partial charge in [0.05, 0.1) is 13.4 Å². The molecule has 1 amide bonds. The zero-order valence-corrected chi connectivity index (χ0v) is 12.3. The summed E-state index contributed by atoms with van der Waals surface area (Å²) >= 11 is 0. The van der Waals surface area contributed by atoms with Crippen LogP contribution in [-0.2, 0) is 16.1 Å². The normalized spacial score (nSPS) is 23.9. The third-order valence-electron chi connectivity index (χ3n) is 4.32. The molecule has 2 unspecified atom stereocenters. The Morgan fingerprint density at radius 3 is 2.52 bits per heavy atom. The predicted octanol–water partition coefficient (Wildman–Crippen LogP) is 3.48. The molecule has 21 heavy (non-hydrogen) atoms. The van der Waals surface area contributed by atoms with Gasteiger partial charge in [-0.05, 0) is 36.8 Å². The molecule has 4 heteroatoms. The summed E-state index contributed by atoms with van der Waals surface area (Å²) in [6.45, 7) is 0.344. The number of hydrogen-bond acceptors (Lipinski definition) is 3. The SMILES string of the molecule is COC=C1CC2CCC(C1)N2C(=O)OCc1ccccc1. The van der Waals surface area contributed by atoms with E-state index in [1.807, 2.05) is 41.5 Å². The van der Waals surface area contributed by atoms with Crippen molar-refractivity contribution in [1.29, 1.82) is 0 Å². The minimum absolute atomic E-state index is 0.178. The van der Waals surface area contributed by atoms with E-state index >= 15 is 0 Å². The summed E-state index contributed by atoms with van der Waals surface area (Å²) in [6, 6.07) is 10.3. The van der Waals surface area contributed by atoms with Gasteiger partial charge < -0.3 is 14.4 Å². The highest BCUT2D eigenvalue weighted by atomic mass is 16.6. The van der Waals surface area contributed by atoms with E-state index in [0.717, 1.165) is 31.2 Å². The lowest BCUT2D eigenvalue weighted by Gasteiger charge is -2.35. The highest BCUT2D eigenvalue weighted by molar-refractivity contribution is 5.69. The predicted molar refractivity (Wildman–Crippen MR) is 79.6 cm³/mol. The molecule has 4 nitrogen and oxygen atoms in total. The van der Waals surface area contributed by atoms with Crippen LogP contribution in [0.15, 0.2) is 42.2 Å². The van der Waals surface area contributed by atoms with Gasteiger partial charge >= 0.3 is 6.09 Å². The van der Waals surface area contributed by atoms with E-state index in [0.29, 0.717) is 6.61 Å². The molecule has 0 N–H and O–H groups in total. The van der Waals surface area contributed by atoms with Gasteiger partial charge in [-0.3, -0.25) is 0 Å². The average molecular weight is 287 g/mol. The number of carbonyl (C=O) groups is 1. The minimum Gasteiger partial charge on any atom is -0.504 e. The van der Waals surface area contributed by atoms with E-state index < -0.39 is 0 Å². The molecule has 112 valence electrons. The lowest BCUT2D eigenvalue weighted by atomic mass is 9.98. The molecule has 0 aliphatic carbocycles. The van der Waals surface area contributed by atoms with Crippen LogP contribution in [0, 0.1) is 0 Å². The van der Waals surface area contributed by atoms with Crippen molar-refractivity contribution in [1.82, 2.24) is 4.90 Å². The van der Waals surface area contributed by atoms with Crippen molar-refractivity contribution in [3.63, 3.8) is 0 Å². The largest absolute Gasteiger partial charge is 0.504 e. The first-order valence-electron chi connectivity index (χ1n) is 7.47. The number of methoxy groups -OCH3 is 1. The van der Waals surface area contributed by atoms with E-state index in [1.54, 1.807) is 7.11 Å². The first-order chi connectivity index (χ1) is 10.3. The summed E-state index contributed by atoms with van der Waals surface area (Å²) < 4.78 is 10.6. The molecule has 1 aromatic rings. The van der Waals surface area contributed by atoms with Crippen molar-refractivity contribution in [2.75, 3.05) is 7.11 Å². The van der Waals surface area contributed by atoms with Gasteiger partial charge in [0.2, 0.25) is 0 Å². The maximum Gasteiger partial charge on any atom is 0.410 e. The average Bonchev–Trinajstić information content (AvgIpc) is 2.78. The third kappa shape index (κ3) is 3.04. The van der Waals surface area contributed by atoms with Crippen LogP contribution in [0.3, 0.4) is 0 Å². The Morgan fingerprint density at radius 1 is 1.24 bits per heavy atom. The maximum atomic E-state index is 12.3. The maximum absolute atomic E-state index is 12.3. The number of piperidine rings is 1. The van der Waals surface area contributed by atoms with E-state index in [-0.39, 0.29) is 18.2 Å². The number of benzene rings is 1. The van der Waals surface area contributed by atoms with Gasteiger partial charge in [0.15, 0.2) is 0 Å². The molecule has 2 fully saturated rings. The number of hydrogen-bond donors (Lipinski definition) is 0. The minimum atomic E-state index is -0.178. The highest BCUT2D eigenvalue weighted by Crippen LogP contribution is 2.38. The fourth-order valence-corrected chi connectivity index (χ4v) is 3.41. The first-order valence-corrected chi connectivity index (χ1v) is 7.47. The van der Waals surface area contributed by atoms with Crippen LogP contribution >= 0.6 is 0 Å². The van der Waals surface area contributed by atoms with Gasteiger partial charge in [-0.2, -0.15) is 0 Å². The lowest BCUT2D eigenvalue weighted by molar-refractivity contribution is 0.0715. The van der Waals surface area contributed by atoms with Crippen molar-refractivity contribution in [2.45, 2.75) is 44.4 Å². The number of amides is 1. The monoisotopic (exact) mass is 287 g/mol. The van der Waals surface area contributed by atoms with E-state index in [1.165, 1.54) is 5.57 Å². The van der Waals surface area contributed by atoms with Crippen LogP contribution in [0.2, 0.25) is 0 Å². The molecule has 2 atom stereocenters. The summed E-state index contributed by atoms with van der Waals surface area (Å²) in [6.07, 6.45) is 5.59. The highest BCUT2D eigenvalue weighted by Gasteiger charge is 2.42. The Balaban J connectivity index is 1.60. The smallest absolute Gasteiger partial charge is 0.410 e. The third-order valence-corrected chi connectivity index (χ3v) is 4.32. The second kappa shape index (κ2) is 6.20. The Kier molecular flexibility index (Phi) is 4.13. The molecule has 0 radical (unpaired) electrons. The van der Waals surface area contributed by atoms with E-state index in [9.17, 15) is 4.79 Å². The van der Waals surface area contributed by atoms with Crippen molar-refractivity contribution in [3.05, 3.63) is 47.7 Å². The van der Waals surface area contributed by atoms with Gasteiger partial charge in [-0.15, -0.1) is 0 Å². The summed E-state index contributed by atoms with van der Waals surface area (Å²) in [5, 5.41) is 0. The second-order valence-electron chi connectivity index (χ2n) is 5.75. The molecule has 3 rings (SSSR count). The van der Waals surface area contributed by atoms with Crippen LogP contribution in [0.4, 0.5) is 4.79 Å². The quantitative estimate of drug-likeness (QED) is 0.799. The zero-order chi connectivity index (χ0) is 14.7. The summed E-state index contributed by atoms with van der Waals surface area (Å²) in [5.74, 6) is 0. The van der Waals surface area contributed by atoms with E-state index in [4.69, 9.17) is 9.47 Å². The van der Waals surface area contributed by atoms with Crippen LogP contribution in [0.5, 0.6) is 0 Å². The molecule has 2 bridgehead atoms. The number of carbonyl (C=O) groups excluding carboxylic acids is 1.